The van der Waals surface area contributed by atoms with Crippen LogP contribution >= 0.6 is 23.2 Å². The Kier molecular flexibility index (Phi) is 7.88. The van der Waals surface area contributed by atoms with Crippen molar-refractivity contribution in [3.63, 3.8) is 0 Å². The zero-order valence-corrected chi connectivity index (χ0v) is 24.5. The third-order valence-corrected chi connectivity index (χ3v) is 9.91. The number of benzene rings is 2. The molecule has 7 nitrogen and oxygen atoms in total. The van der Waals surface area contributed by atoms with Gasteiger partial charge in [-0.3, -0.25) is 14.4 Å². The standard InChI is InChI=1S/C32H35Cl2N3O4/c1-19(12-13-20-8-4-2-5-9-20)37-28(30(39)35-21-10-6-3-7-11-21)32-17-16-25(41-32)26(27(32)31(37)40)29(38)36-22-14-15-23(33)24(34)18-22/h2,4-5,8-9,14-19,21,25-28H,3,6-7,10-13H2,1H3,(H,35,39)(H,36,38)/t19-,25+,26-,27+,28+,32+/m1/s1. The molecule has 2 saturated heterocycles. The number of nitrogens with one attached hydrogen (secondary N) is 2. The quantitative estimate of drug-likeness (QED) is 0.391. The Hall–Kier alpha value is -2.87. The minimum absolute atomic E-state index is 0.0830. The number of hydrogen-bond donors (Lipinski definition) is 2. The van der Waals surface area contributed by atoms with Crippen LogP contribution in [-0.4, -0.2) is 52.5 Å². The number of anilines is 1. The number of ether oxygens (including phenoxy) is 1. The first kappa shape index (κ1) is 28.3. The third-order valence-electron chi connectivity index (χ3n) is 9.17. The molecular weight excluding hydrogens is 561 g/mol. The summed E-state index contributed by atoms with van der Waals surface area (Å²) >= 11 is 12.2. The van der Waals surface area contributed by atoms with E-state index >= 15 is 0 Å². The number of aryl methyl sites for hydroxylation is 1. The lowest BCUT2D eigenvalue weighted by Crippen LogP contribution is -2.58. The highest BCUT2D eigenvalue weighted by Crippen LogP contribution is 2.56. The van der Waals surface area contributed by atoms with Gasteiger partial charge in [0, 0.05) is 17.8 Å². The van der Waals surface area contributed by atoms with Gasteiger partial charge in [-0.05, 0) is 56.4 Å². The zero-order valence-electron chi connectivity index (χ0n) is 23.0. The first-order chi connectivity index (χ1) is 19.8. The Morgan fingerprint density at radius 3 is 2.54 bits per heavy atom. The van der Waals surface area contributed by atoms with Crippen molar-refractivity contribution in [2.45, 2.75) is 81.7 Å². The maximum absolute atomic E-state index is 14.3. The molecule has 3 aliphatic heterocycles. The van der Waals surface area contributed by atoms with Crippen molar-refractivity contribution in [3.05, 3.63) is 76.3 Å². The summed E-state index contributed by atoms with van der Waals surface area (Å²) in [5.41, 5.74) is 0.458. The largest absolute Gasteiger partial charge is 0.359 e. The van der Waals surface area contributed by atoms with E-state index in [0.29, 0.717) is 22.2 Å². The Morgan fingerprint density at radius 1 is 1.05 bits per heavy atom. The minimum atomic E-state index is -1.19. The molecule has 6 rings (SSSR count). The summed E-state index contributed by atoms with van der Waals surface area (Å²) in [5, 5.41) is 6.85. The molecule has 2 N–H and O–H groups in total. The van der Waals surface area contributed by atoms with Gasteiger partial charge < -0.3 is 20.3 Å². The molecule has 1 aliphatic carbocycles. The van der Waals surface area contributed by atoms with Crippen LogP contribution in [0.5, 0.6) is 0 Å². The lowest BCUT2D eigenvalue weighted by molar-refractivity contribution is -0.143. The van der Waals surface area contributed by atoms with Crippen LogP contribution in [0.3, 0.4) is 0 Å². The first-order valence-electron chi connectivity index (χ1n) is 14.6. The van der Waals surface area contributed by atoms with Crippen LogP contribution in [0, 0.1) is 11.8 Å². The fraction of sp³-hybridized carbons (Fsp3) is 0.469. The van der Waals surface area contributed by atoms with Crippen molar-refractivity contribution in [1.29, 1.82) is 0 Å². The first-order valence-corrected chi connectivity index (χ1v) is 15.3. The molecule has 1 spiro atoms. The summed E-state index contributed by atoms with van der Waals surface area (Å²) in [6.45, 7) is 1.99. The predicted molar refractivity (Wildman–Crippen MR) is 159 cm³/mol. The van der Waals surface area contributed by atoms with Gasteiger partial charge in [-0.25, -0.2) is 0 Å². The molecule has 4 aliphatic rings. The lowest BCUT2D eigenvalue weighted by Gasteiger charge is -2.36. The van der Waals surface area contributed by atoms with Crippen LogP contribution in [0.4, 0.5) is 5.69 Å². The van der Waals surface area contributed by atoms with Crippen molar-refractivity contribution < 1.29 is 19.1 Å². The molecule has 2 aromatic rings. The molecule has 9 heteroatoms. The van der Waals surface area contributed by atoms with Gasteiger partial charge in [0.1, 0.15) is 11.6 Å². The molecule has 0 unspecified atom stereocenters. The maximum atomic E-state index is 14.3. The second kappa shape index (κ2) is 11.4. The average Bonchev–Trinajstić information content (AvgIpc) is 3.62. The molecule has 2 bridgehead atoms. The van der Waals surface area contributed by atoms with Crippen molar-refractivity contribution in [1.82, 2.24) is 10.2 Å². The fourth-order valence-electron chi connectivity index (χ4n) is 7.17. The molecule has 216 valence electrons. The molecular formula is C32H35Cl2N3O4. The summed E-state index contributed by atoms with van der Waals surface area (Å²) in [7, 11) is 0. The molecule has 3 amide bonds. The van der Waals surface area contributed by atoms with Gasteiger partial charge in [0.15, 0.2) is 0 Å². The van der Waals surface area contributed by atoms with Crippen LogP contribution in [0.25, 0.3) is 0 Å². The van der Waals surface area contributed by atoms with E-state index in [0.717, 1.165) is 32.1 Å². The molecule has 2 aromatic carbocycles. The molecule has 3 fully saturated rings. The molecule has 1 saturated carbocycles. The van der Waals surface area contributed by atoms with Crippen LogP contribution in [0.2, 0.25) is 10.0 Å². The normalized spacial score (nSPS) is 29.4. The van der Waals surface area contributed by atoms with Gasteiger partial charge in [0.05, 0.1) is 28.0 Å². The molecule has 0 aromatic heterocycles. The zero-order chi connectivity index (χ0) is 28.7. The van der Waals surface area contributed by atoms with Crippen LogP contribution < -0.4 is 10.6 Å². The number of rotatable bonds is 8. The van der Waals surface area contributed by atoms with E-state index in [9.17, 15) is 14.4 Å². The van der Waals surface area contributed by atoms with E-state index in [1.54, 1.807) is 23.1 Å². The van der Waals surface area contributed by atoms with Gasteiger partial charge in [-0.1, -0.05) is 84.9 Å². The number of amides is 3. The van der Waals surface area contributed by atoms with Crippen LogP contribution in [0.1, 0.15) is 51.0 Å². The second-order valence-corrected chi connectivity index (χ2v) is 12.6. The Labute approximate surface area is 250 Å². The van der Waals surface area contributed by atoms with E-state index in [1.807, 2.05) is 37.3 Å². The number of halogens is 2. The van der Waals surface area contributed by atoms with E-state index in [4.69, 9.17) is 27.9 Å². The van der Waals surface area contributed by atoms with Gasteiger partial charge in [0.25, 0.3) is 0 Å². The Balaban J connectivity index is 1.29. The number of carbonyl (C=O) groups excluding carboxylic acids is 3. The number of hydrogen-bond acceptors (Lipinski definition) is 4. The topological polar surface area (TPSA) is 87.7 Å². The molecule has 41 heavy (non-hydrogen) atoms. The predicted octanol–water partition coefficient (Wildman–Crippen LogP) is 5.55. The summed E-state index contributed by atoms with van der Waals surface area (Å²) in [6, 6.07) is 14.0. The van der Waals surface area contributed by atoms with E-state index in [2.05, 4.69) is 22.8 Å². The van der Waals surface area contributed by atoms with E-state index in [1.165, 1.54) is 12.0 Å². The number of fused-ring (bicyclic) bond motifs is 1. The van der Waals surface area contributed by atoms with E-state index in [-0.39, 0.29) is 29.8 Å². The second-order valence-electron chi connectivity index (χ2n) is 11.8. The Bertz CT molecular complexity index is 1360. The summed E-state index contributed by atoms with van der Waals surface area (Å²) < 4.78 is 6.49. The monoisotopic (exact) mass is 595 g/mol. The third kappa shape index (κ3) is 5.17. The van der Waals surface area contributed by atoms with Gasteiger partial charge in [-0.2, -0.15) is 0 Å². The van der Waals surface area contributed by atoms with Gasteiger partial charge in [0.2, 0.25) is 17.7 Å². The number of nitrogens with zero attached hydrogens (tertiary/aromatic N) is 1. The SMILES string of the molecule is C[C@H](CCc1ccccc1)N1C(=O)[C@@H]2[C@H](C(=O)Nc3ccc(Cl)c(Cl)c3)[C@@H]3C=C[C@@]2(O3)[C@@H]1C(=O)NC1CCCCC1. The van der Waals surface area contributed by atoms with Crippen LogP contribution in [-0.2, 0) is 25.5 Å². The van der Waals surface area contributed by atoms with Crippen molar-refractivity contribution in [2.75, 3.05) is 5.32 Å². The van der Waals surface area contributed by atoms with E-state index < -0.39 is 29.6 Å². The average molecular weight is 597 g/mol. The number of carbonyl (C=O) groups is 3. The van der Waals surface area contributed by atoms with Crippen molar-refractivity contribution in [3.8, 4) is 0 Å². The minimum Gasteiger partial charge on any atom is -0.359 e. The number of likely N-dealkylation sites (tertiary alicyclic amines) is 1. The lowest BCUT2D eigenvalue weighted by atomic mass is 9.74. The molecule has 3 heterocycles. The van der Waals surface area contributed by atoms with Gasteiger partial charge >= 0.3 is 0 Å². The van der Waals surface area contributed by atoms with Crippen molar-refractivity contribution >= 4 is 46.6 Å². The Morgan fingerprint density at radius 2 is 1.80 bits per heavy atom. The smallest absolute Gasteiger partial charge is 0.246 e. The fourth-order valence-corrected chi connectivity index (χ4v) is 7.46. The molecule has 6 atom stereocenters. The van der Waals surface area contributed by atoms with Crippen LogP contribution in [0.15, 0.2) is 60.7 Å². The highest BCUT2D eigenvalue weighted by atomic mass is 35.5. The summed E-state index contributed by atoms with van der Waals surface area (Å²) in [6.07, 6.45) is 9.73. The van der Waals surface area contributed by atoms with Gasteiger partial charge in [-0.15, -0.1) is 0 Å². The highest BCUT2D eigenvalue weighted by molar-refractivity contribution is 6.42. The molecule has 0 radical (unpaired) electrons. The summed E-state index contributed by atoms with van der Waals surface area (Å²) in [5.74, 6) is -2.34. The maximum Gasteiger partial charge on any atom is 0.246 e. The van der Waals surface area contributed by atoms with Crippen molar-refractivity contribution in [2.24, 2.45) is 11.8 Å². The highest BCUT2D eigenvalue weighted by Gasteiger charge is 2.73. The summed E-state index contributed by atoms with van der Waals surface area (Å²) in [4.78, 5) is 43.8.